The lowest BCUT2D eigenvalue weighted by atomic mass is 10.0. The molecule has 0 spiro atoms. The van der Waals surface area contributed by atoms with Crippen LogP contribution in [0.4, 0.5) is 19.0 Å². The van der Waals surface area contributed by atoms with Crippen molar-refractivity contribution in [2.75, 3.05) is 24.5 Å². The Morgan fingerprint density at radius 3 is 2.42 bits per heavy atom. The average Bonchev–Trinajstić information content (AvgIpc) is 2.80. The van der Waals surface area contributed by atoms with E-state index in [4.69, 9.17) is 0 Å². The number of rotatable bonds is 3. The van der Waals surface area contributed by atoms with Gasteiger partial charge in [0.2, 0.25) is 0 Å². The van der Waals surface area contributed by atoms with Crippen LogP contribution in [-0.2, 0) is 13.2 Å². The van der Waals surface area contributed by atoms with Gasteiger partial charge >= 0.3 is 11.9 Å². The third kappa shape index (κ3) is 4.28. The summed E-state index contributed by atoms with van der Waals surface area (Å²) in [4.78, 5) is 25.3. The van der Waals surface area contributed by atoms with E-state index in [9.17, 15) is 23.2 Å². The molecule has 2 aromatic heterocycles. The topological polar surface area (TPSA) is 78.0 Å². The summed E-state index contributed by atoms with van der Waals surface area (Å²) in [6, 6.07) is 10.4. The lowest BCUT2D eigenvalue weighted by Gasteiger charge is -2.43. The van der Waals surface area contributed by atoms with E-state index >= 15 is 0 Å². The summed E-state index contributed by atoms with van der Waals surface area (Å²) in [5.74, 6) is 0.444. The second-order valence-corrected chi connectivity index (χ2v) is 8.29. The molecule has 0 bridgehead atoms. The first-order valence-corrected chi connectivity index (χ1v) is 10.6. The van der Waals surface area contributed by atoms with E-state index in [1.54, 1.807) is 19.2 Å². The summed E-state index contributed by atoms with van der Waals surface area (Å²) in [5, 5.41) is 9.26. The Hall–Kier alpha value is -3.45. The molecule has 172 valence electrons. The molecule has 1 aliphatic rings. The van der Waals surface area contributed by atoms with Gasteiger partial charge in [0.25, 0.3) is 0 Å². The summed E-state index contributed by atoms with van der Waals surface area (Å²) in [6.45, 7) is 5.78. The fourth-order valence-electron chi connectivity index (χ4n) is 4.28. The van der Waals surface area contributed by atoms with Crippen molar-refractivity contribution in [1.82, 2.24) is 19.4 Å². The van der Waals surface area contributed by atoms with Gasteiger partial charge in [0.1, 0.15) is 17.3 Å². The van der Waals surface area contributed by atoms with Gasteiger partial charge in [0, 0.05) is 38.8 Å². The zero-order chi connectivity index (χ0) is 23.9. The van der Waals surface area contributed by atoms with E-state index in [-0.39, 0.29) is 17.8 Å². The molecule has 1 aromatic carbocycles. The van der Waals surface area contributed by atoms with Crippen LogP contribution < -0.4 is 10.6 Å². The molecule has 4 rings (SSSR count). The lowest BCUT2D eigenvalue weighted by Crippen LogP contribution is -2.53. The Kier molecular flexibility index (Phi) is 5.84. The van der Waals surface area contributed by atoms with Crippen molar-refractivity contribution in [3.8, 4) is 6.07 Å². The minimum absolute atomic E-state index is 0.0361. The van der Waals surface area contributed by atoms with Crippen molar-refractivity contribution < 1.29 is 13.2 Å². The highest BCUT2D eigenvalue weighted by Crippen LogP contribution is 2.32. The van der Waals surface area contributed by atoms with Crippen LogP contribution in [0, 0.1) is 11.3 Å². The molecule has 1 fully saturated rings. The number of piperazine rings is 1. The van der Waals surface area contributed by atoms with Gasteiger partial charge in [-0.05, 0) is 43.7 Å². The third-order valence-electron chi connectivity index (χ3n) is 6.25. The Balaban J connectivity index is 1.59. The van der Waals surface area contributed by atoms with Gasteiger partial charge in [-0.2, -0.15) is 23.4 Å². The maximum absolute atomic E-state index is 12.9. The molecular weight excluding hydrogens is 433 g/mol. The van der Waals surface area contributed by atoms with Gasteiger partial charge in [-0.3, -0.25) is 9.47 Å². The second-order valence-electron chi connectivity index (χ2n) is 8.29. The normalized spacial score (nSPS) is 18.3. The molecule has 1 saturated heterocycles. The summed E-state index contributed by atoms with van der Waals surface area (Å²) in [6.07, 6.45) is -4.36. The predicted octanol–water partition coefficient (Wildman–Crippen LogP) is 3.49. The number of nitrogens with zero attached hydrogens (tertiary/aromatic N) is 6. The van der Waals surface area contributed by atoms with Gasteiger partial charge < -0.3 is 4.90 Å². The maximum Gasteiger partial charge on any atom is 0.416 e. The Morgan fingerprint density at radius 1 is 1.12 bits per heavy atom. The van der Waals surface area contributed by atoms with Crippen molar-refractivity contribution in [2.45, 2.75) is 32.1 Å². The summed E-state index contributed by atoms with van der Waals surface area (Å²) in [5.41, 5.74) is 1.07. The van der Waals surface area contributed by atoms with Crippen LogP contribution in [0.2, 0.25) is 0 Å². The molecule has 0 amide bonds. The van der Waals surface area contributed by atoms with Gasteiger partial charge in [-0.25, -0.2) is 9.78 Å². The van der Waals surface area contributed by atoms with Crippen molar-refractivity contribution in [2.24, 2.45) is 7.05 Å². The van der Waals surface area contributed by atoms with E-state index in [0.29, 0.717) is 36.5 Å². The molecule has 2 unspecified atom stereocenters. The molecule has 10 heteroatoms. The number of aromatic nitrogens is 3. The van der Waals surface area contributed by atoms with Crippen LogP contribution in [0.15, 0.2) is 41.2 Å². The number of hydrogen-bond donors (Lipinski definition) is 0. The molecule has 2 atom stereocenters. The lowest BCUT2D eigenvalue weighted by molar-refractivity contribution is -0.137. The minimum atomic E-state index is -4.36. The smallest absolute Gasteiger partial charge is 0.349 e. The van der Waals surface area contributed by atoms with Crippen LogP contribution >= 0.6 is 0 Å². The standard InChI is InChI=1S/C23H23F3N6O/c1-14-13-31(15(2)16-4-6-17(7-5-16)23(24,25)26)10-11-32(14)21-20-19(30(3)22(33)29-21)9-8-18(12-27)28-20/h4-9,14-15H,10-11,13H2,1-3H3. The highest BCUT2D eigenvalue weighted by atomic mass is 19.4. The molecule has 0 N–H and O–H groups in total. The zero-order valence-corrected chi connectivity index (χ0v) is 18.5. The zero-order valence-electron chi connectivity index (χ0n) is 18.5. The van der Waals surface area contributed by atoms with Crippen LogP contribution in [0.5, 0.6) is 0 Å². The van der Waals surface area contributed by atoms with Crippen LogP contribution in [-0.4, -0.2) is 45.1 Å². The van der Waals surface area contributed by atoms with Crippen LogP contribution in [0.25, 0.3) is 11.0 Å². The van der Waals surface area contributed by atoms with Crippen LogP contribution in [0.1, 0.15) is 36.7 Å². The number of alkyl halides is 3. The number of benzene rings is 1. The van der Waals surface area contributed by atoms with Crippen molar-refractivity contribution in [1.29, 1.82) is 5.26 Å². The first kappa shape index (κ1) is 22.7. The second kappa shape index (κ2) is 8.48. The third-order valence-corrected chi connectivity index (χ3v) is 6.25. The molecule has 3 aromatic rings. The van der Waals surface area contributed by atoms with Crippen molar-refractivity contribution in [3.05, 3.63) is 63.7 Å². The van der Waals surface area contributed by atoms with Gasteiger partial charge in [-0.15, -0.1) is 0 Å². The van der Waals surface area contributed by atoms with Crippen molar-refractivity contribution >= 4 is 16.9 Å². The number of nitriles is 1. The largest absolute Gasteiger partial charge is 0.416 e. The molecule has 1 aliphatic heterocycles. The van der Waals surface area contributed by atoms with Crippen molar-refractivity contribution in [3.63, 3.8) is 0 Å². The quantitative estimate of drug-likeness (QED) is 0.601. The molecule has 33 heavy (non-hydrogen) atoms. The number of halogens is 3. The fraction of sp³-hybridized carbons (Fsp3) is 0.391. The monoisotopic (exact) mass is 456 g/mol. The van der Waals surface area contributed by atoms with E-state index in [2.05, 4.69) is 14.9 Å². The number of aryl methyl sites for hydroxylation is 1. The number of hydrogen-bond acceptors (Lipinski definition) is 6. The van der Waals surface area contributed by atoms with Gasteiger partial charge in [0.15, 0.2) is 5.82 Å². The first-order chi connectivity index (χ1) is 15.6. The summed E-state index contributed by atoms with van der Waals surface area (Å²) in [7, 11) is 1.61. The van der Waals surface area contributed by atoms with Crippen LogP contribution in [0.3, 0.4) is 0 Å². The average molecular weight is 456 g/mol. The highest BCUT2D eigenvalue weighted by molar-refractivity contribution is 5.86. The van der Waals surface area contributed by atoms with E-state index in [1.165, 1.54) is 16.7 Å². The Labute approximate surface area is 188 Å². The molecular formula is C23H23F3N6O. The van der Waals surface area contributed by atoms with E-state index in [1.807, 2.05) is 24.8 Å². The number of pyridine rings is 1. The maximum atomic E-state index is 12.9. The number of fused-ring (bicyclic) bond motifs is 1. The molecule has 0 aliphatic carbocycles. The fourth-order valence-corrected chi connectivity index (χ4v) is 4.28. The molecule has 3 heterocycles. The van der Waals surface area contributed by atoms with Gasteiger partial charge in [0.05, 0.1) is 11.1 Å². The molecule has 7 nitrogen and oxygen atoms in total. The summed E-state index contributed by atoms with van der Waals surface area (Å²) >= 11 is 0. The van der Waals surface area contributed by atoms with E-state index in [0.717, 1.165) is 17.7 Å². The predicted molar refractivity (Wildman–Crippen MR) is 118 cm³/mol. The Bertz CT molecular complexity index is 1280. The SMILES string of the molecule is CC(c1ccc(C(F)(F)F)cc1)N1CCN(c2nc(=O)n(C)c3ccc(C#N)nc23)C(C)C1. The molecule has 0 radical (unpaired) electrons. The number of anilines is 1. The van der Waals surface area contributed by atoms with E-state index < -0.39 is 17.4 Å². The summed E-state index contributed by atoms with van der Waals surface area (Å²) < 4.78 is 40.0. The minimum Gasteiger partial charge on any atom is -0.349 e. The highest BCUT2D eigenvalue weighted by Gasteiger charge is 2.32. The van der Waals surface area contributed by atoms with Gasteiger partial charge in [-0.1, -0.05) is 12.1 Å². The molecule has 0 saturated carbocycles. The first-order valence-electron chi connectivity index (χ1n) is 10.6. The Morgan fingerprint density at radius 2 is 1.82 bits per heavy atom.